The molecule has 1 saturated heterocycles. The minimum atomic E-state index is -1.34. The number of benzene rings is 2. The van der Waals surface area contributed by atoms with Gasteiger partial charge in [0.1, 0.15) is 18.9 Å². The lowest BCUT2D eigenvalue weighted by atomic mass is 9.91. The van der Waals surface area contributed by atoms with Crippen LogP contribution >= 0.6 is 0 Å². The Bertz CT molecular complexity index is 1710. The Morgan fingerprint density at radius 2 is 1.65 bits per heavy atom. The summed E-state index contributed by atoms with van der Waals surface area (Å²) >= 11 is 0. The number of nitrogens with zero attached hydrogens (tertiary/aromatic N) is 7. The molecule has 0 unspecified atom stereocenters. The number of hydrogen-bond donors (Lipinski definition) is 5. The molecule has 1 aliphatic heterocycles. The highest BCUT2D eigenvalue weighted by molar-refractivity contribution is 5.84. The van der Waals surface area contributed by atoms with Crippen LogP contribution in [0.3, 0.4) is 0 Å². The lowest BCUT2D eigenvalue weighted by molar-refractivity contribution is -0.122. The van der Waals surface area contributed by atoms with Crippen LogP contribution in [0.2, 0.25) is 0 Å². The summed E-state index contributed by atoms with van der Waals surface area (Å²) in [5, 5.41) is 46.6. The molecule has 0 aliphatic carbocycles. The number of ether oxygens (including phenoxy) is 1. The normalized spacial score (nSPS) is 19.0. The molecule has 15 heteroatoms. The van der Waals surface area contributed by atoms with Crippen molar-refractivity contribution in [2.75, 3.05) is 30.0 Å². The molecule has 254 valence electrons. The van der Waals surface area contributed by atoms with Crippen LogP contribution in [-0.2, 0) is 16.0 Å². The van der Waals surface area contributed by atoms with Crippen molar-refractivity contribution in [2.24, 2.45) is 5.92 Å². The summed E-state index contributed by atoms with van der Waals surface area (Å²) in [5.74, 6) is 1.52. The van der Waals surface area contributed by atoms with Gasteiger partial charge in [0, 0.05) is 25.4 Å². The van der Waals surface area contributed by atoms with Crippen LogP contribution in [-0.4, -0.2) is 88.6 Å². The van der Waals surface area contributed by atoms with Crippen molar-refractivity contribution in [3.05, 3.63) is 89.8 Å². The maximum atomic E-state index is 11.1. The first kappa shape index (κ1) is 34.4. The molecular weight excluding hydrogens is 620 g/mol. The fraction of sp³-hybridized carbons (Fsp3) is 0.394. The molecule has 1 fully saturated rings. The number of hydrogen-bond acceptors (Lipinski definition) is 13. The van der Waals surface area contributed by atoms with Crippen LogP contribution < -0.4 is 10.2 Å². The van der Waals surface area contributed by atoms with Gasteiger partial charge in [-0.1, -0.05) is 86.6 Å². The molecule has 0 radical (unpaired) electrons. The molecule has 15 nitrogen and oxygen atoms in total. The minimum Gasteiger partial charge on any atom is -0.483 e. The zero-order chi connectivity index (χ0) is 34.2. The summed E-state index contributed by atoms with van der Waals surface area (Å²) in [6.45, 7) is 6.42. The van der Waals surface area contributed by atoms with E-state index in [0.717, 1.165) is 11.1 Å². The van der Waals surface area contributed by atoms with Gasteiger partial charge >= 0.3 is 0 Å². The summed E-state index contributed by atoms with van der Waals surface area (Å²) in [5.41, 5.74) is 3.08. The van der Waals surface area contributed by atoms with E-state index in [-0.39, 0.29) is 36.9 Å². The van der Waals surface area contributed by atoms with Gasteiger partial charge in [-0.3, -0.25) is 9.36 Å². The highest BCUT2D eigenvalue weighted by Crippen LogP contribution is 2.40. The second kappa shape index (κ2) is 15.8. The first-order chi connectivity index (χ1) is 23.3. The molecule has 5 N–H and O–H groups in total. The van der Waals surface area contributed by atoms with Crippen LogP contribution in [0.5, 0.6) is 0 Å². The third-order valence-electron chi connectivity index (χ3n) is 7.88. The van der Waals surface area contributed by atoms with E-state index in [0.29, 0.717) is 42.3 Å². The number of anilines is 2. The second-order valence-electron chi connectivity index (χ2n) is 11.6. The number of aryl methyl sites for hydroxylation is 1. The number of aromatic nitrogens is 6. The predicted molar refractivity (Wildman–Crippen MR) is 175 cm³/mol. The largest absolute Gasteiger partial charge is 0.483 e. The van der Waals surface area contributed by atoms with E-state index in [1.54, 1.807) is 9.47 Å². The molecular formula is C33H40N8O7. The Balaban J connectivity index is 0.00000145. The standard InChI is InChI=1S/C32H38N8O5.CH2O2/c1-4-23-35-30(45-38-23)27-25(42)26(43)31(44-27)40-17-34-24-28(36-32(37-29(24)40)39(18-41)16-19(2)3)33-15-22(20-11-7-5-8-12-20)21-13-9-6-10-14-21;2-1-3/h5-14,17,19,22,25-27,31,41-43H,4,15-16,18H2,1-3H3,(H,33,36,37);1H,(H,2,3)/t25-,26+,27-,31+;/m0./s1. The molecule has 0 amide bonds. The molecule has 1 aliphatic rings. The van der Waals surface area contributed by atoms with Gasteiger partial charge < -0.3 is 39.9 Å². The van der Waals surface area contributed by atoms with Crippen LogP contribution in [0.1, 0.15) is 61.9 Å². The first-order valence-corrected chi connectivity index (χ1v) is 15.7. The average Bonchev–Trinajstić information content (AvgIpc) is 3.82. The van der Waals surface area contributed by atoms with Crippen LogP contribution in [0.25, 0.3) is 11.2 Å². The van der Waals surface area contributed by atoms with Gasteiger partial charge in [-0.25, -0.2) is 4.98 Å². The number of aliphatic hydroxyl groups is 3. The summed E-state index contributed by atoms with van der Waals surface area (Å²) in [6, 6.07) is 20.4. The Kier molecular flexibility index (Phi) is 11.3. The van der Waals surface area contributed by atoms with E-state index >= 15 is 0 Å². The van der Waals surface area contributed by atoms with E-state index in [4.69, 9.17) is 29.1 Å². The molecule has 2 aromatic carbocycles. The smallest absolute Gasteiger partial charge is 0.290 e. The van der Waals surface area contributed by atoms with Gasteiger partial charge in [-0.15, -0.1) is 0 Å². The van der Waals surface area contributed by atoms with Gasteiger partial charge in [-0.05, 0) is 17.0 Å². The zero-order valence-corrected chi connectivity index (χ0v) is 26.9. The van der Waals surface area contributed by atoms with E-state index in [1.807, 2.05) is 57.2 Å². The molecule has 5 aromatic rings. The van der Waals surface area contributed by atoms with Crippen LogP contribution in [0, 0.1) is 5.92 Å². The van der Waals surface area contributed by atoms with Crippen molar-refractivity contribution in [2.45, 2.75) is 57.6 Å². The van der Waals surface area contributed by atoms with Gasteiger partial charge in [0.2, 0.25) is 5.95 Å². The summed E-state index contributed by atoms with van der Waals surface area (Å²) in [4.78, 5) is 28.5. The topological polar surface area (TPSA) is 205 Å². The first-order valence-electron chi connectivity index (χ1n) is 15.7. The van der Waals surface area contributed by atoms with Crippen LogP contribution in [0.4, 0.5) is 11.8 Å². The predicted octanol–water partition coefficient (Wildman–Crippen LogP) is 3.12. The van der Waals surface area contributed by atoms with Gasteiger partial charge in [0.15, 0.2) is 35.1 Å². The summed E-state index contributed by atoms with van der Waals surface area (Å²) < 4.78 is 13.0. The number of aliphatic hydroxyl groups excluding tert-OH is 3. The lowest BCUT2D eigenvalue weighted by Crippen LogP contribution is -2.31. The zero-order valence-electron chi connectivity index (χ0n) is 26.9. The van der Waals surface area contributed by atoms with Crippen molar-refractivity contribution in [1.29, 1.82) is 0 Å². The fourth-order valence-corrected chi connectivity index (χ4v) is 5.62. The van der Waals surface area contributed by atoms with Gasteiger partial charge in [0.25, 0.3) is 12.4 Å². The maximum Gasteiger partial charge on any atom is 0.290 e. The van der Waals surface area contributed by atoms with Crippen LogP contribution in [0.15, 0.2) is 71.5 Å². The molecule has 0 bridgehead atoms. The number of rotatable bonds is 12. The quantitative estimate of drug-likeness (QED) is 0.0964. The SMILES string of the molecule is CCc1noc([C@H]2O[C@@H](n3cnc4c(NCC(c5ccccc5)c5ccccc5)nc(N(CO)CC(C)C)nc43)[C@H](O)[C@@H]2O)n1.O=CO. The fourth-order valence-electron chi connectivity index (χ4n) is 5.62. The van der Waals surface area contributed by atoms with E-state index < -0.39 is 24.5 Å². The number of imidazole rings is 1. The third kappa shape index (κ3) is 7.44. The van der Waals surface area contributed by atoms with E-state index in [2.05, 4.69) is 44.7 Å². The van der Waals surface area contributed by atoms with Crippen molar-refractivity contribution in [3.63, 3.8) is 0 Å². The Morgan fingerprint density at radius 3 is 2.21 bits per heavy atom. The number of carboxylic acid groups (broad SMARTS) is 1. The van der Waals surface area contributed by atoms with Gasteiger partial charge in [-0.2, -0.15) is 15.0 Å². The van der Waals surface area contributed by atoms with Crippen molar-refractivity contribution < 1.29 is 34.5 Å². The third-order valence-corrected chi connectivity index (χ3v) is 7.88. The highest BCUT2D eigenvalue weighted by atomic mass is 16.6. The average molecular weight is 661 g/mol. The Hall–Kier alpha value is -4.96. The number of carbonyl (C=O) groups is 1. The number of fused-ring (bicyclic) bond motifs is 1. The Labute approximate surface area is 276 Å². The Morgan fingerprint density at radius 1 is 1.00 bits per heavy atom. The van der Waals surface area contributed by atoms with Crippen molar-refractivity contribution >= 4 is 29.4 Å². The van der Waals surface area contributed by atoms with Gasteiger partial charge in [0.05, 0.1) is 6.33 Å². The van der Waals surface area contributed by atoms with Crippen molar-refractivity contribution in [1.82, 2.24) is 29.7 Å². The molecule has 48 heavy (non-hydrogen) atoms. The second-order valence-corrected chi connectivity index (χ2v) is 11.6. The van der Waals surface area contributed by atoms with Crippen molar-refractivity contribution in [3.8, 4) is 0 Å². The summed E-state index contributed by atoms with van der Waals surface area (Å²) in [7, 11) is 0. The highest BCUT2D eigenvalue weighted by Gasteiger charge is 2.47. The number of nitrogens with one attached hydrogen (secondary N) is 1. The molecule has 3 aromatic heterocycles. The molecule has 0 saturated carbocycles. The lowest BCUT2D eigenvalue weighted by Gasteiger charge is -2.24. The molecule has 0 spiro atoms. The maximum absolute atomic E-state index is 11.1. The summed E-state index contributed by atoms with van der Waals surface area (Å²) in [6.07, 6.45) is -2.72. The van der Waals surface area contributed by atoms with E-state index in [9.17, 15) is 15.3 Å². The molecule has 6 rings (SSSR count). The van der Waals surface area contributed by atoms with E-state index in [1.165, 1.54) is 6.33 Å². The minimum absolute atomic E-state index is 0.00544. The molecule has 4 heterocycles. The molecule has 4 atom stereocenters. The monoisotopic (exact) mass is 660 g/mol.